The zero-order valence-corrected chi connectivity index (χ0v) is 9.86. The summed E-state index contributed by atoms with van der Waals surface area (Å²) < 4.78 is 0. The zero-order valence-electron chi connectivity index (χ0n) is 9.86. The van der Waals surface area contributed by atoms with Crippen LogP contribution >= 0.6 is 0 Å². The van der Waals surface area contributed by atoms with Crippen LogP contribution in [-0.4, -0.2) is 16.9 Å². The monoisotopic (exact) mass is 221 g/mol. The van der Waals surface area contributed by atoms with Crippen LogP contribution in [0.5, 0.6) is 0 Å². The number of carbonyl (C=O) groups is 1. The molecule has 0 aliphatic heterocycles. The molecular weight excluding hydrogens is 202 g/mol. The van der Waals surface area contributed by atoms with Crippen molar-refractivity contribution < 1.29 is 4.79 Å². The Bertz CT molecular complexity index is 352. The number of amides is 1. The fourth-order valence-corrected chi connectivity index (χ4v) is 1.59. The summed E-state index contributed by atoms with van der Waals surface area (Å²) in [5, 5.41) is 2.99. The van der Waals surface area contributed by atoms with E-state index in [9.17, 15) is 4.79 Å². The van der Waals surface area contributed by atoms with E-state index in [1.165, 1.54) is 0 Å². The van der Waals surface area contributed by atoms with Gasteiger partial charge < -0.3 is 11.1 Å². The minimum absolute atomic E-state index is 0.0746. The van der Waals surface area contributed by atoms with Gasteiger partial charge in [-0.1, -0.05) is 20.3 Å². The van der Waals surface area contributed by atoms with Crippen LogP contribution in [0.15, 0.2) is 18.3 Å². The van der Waals surface area contributed by atoms with E-state index < -0.39 is 0 Å². The van der Waals surface area contributed by atoms with E-state index in [4.69, 9.17) is 5.73 Å². The third-order valence-electron chi connectivity index (χ3n) is 2.51. The first-order valence-corrected chi connectivity index (χ1v) is 5.69. The Morgan fingerprint density at radius 3 is 2.88 bits per heavy atom. The van der Waals surface area contributed by atoms with Crippen LogP contribution in [0.1, 0.15) is 43.5 Å². The lowest BCUT2D eigenvalue weighted by Crippen LogP contribution is -2.34. The number of carbonyl (C=O) groups excluding carboxylic acids is 1. The Labute approximate surface area is 96.3 Å². The highest BCUT2D eigenvalue weighted by Gasteiger charge is 2.11. The summed E-state index contributed by atoms with van der Waals surface area (Å²) in [6, 6.07) is 3.50. The van der Waals surface area contributed by atoms with Gasteiger partial charge in [0.05, 0.1) is 0 Å². The molecule has 1 aromatic heterocycles. The molecule has 0 aliphatic carbocycles. The van der Waals surface area contributed by atoms with Gasteiger partial charge in [-0.2, -0.15) is 0 Å². The Morgan fingerprint density at radius 1 is 1.56 bits per heavy atom. The van der Waals surface area contributed by atoms with Crippen molar-refractivity contribution in [1.82, 2.24) is 10.3 Å². The lowest BCUT2D eigenvalue weighted by molar-refractivity contribution is 0.0933. The second-order valence-corrected chi connectivity index (χ2v) is 3.84. The van der Waals surface area contributed by atoms with Gasteiger partial charge >= 0.3 is 0 Å². The number of rotatable bonds is 5. The van der Waals surface area contributed by atoms with Gasteiger partial charge in [-0.15, -0.1) is 0 Å². The number of nitrogens with zero attached hydrogens (tertiary/aromatic N) is 1. The van der Waals surface area contributed by atoms with Crippen molar-refractivity contribution in [2.75, 3.05) is 5.73 Å². The number of pyridine rings is 1. The average molecular weight is 221 g/mol. The molecule has 0 aromatic carbocycles. The quantitative estimate of drug-likeness (QED) is 0.798. The van der Waals surface area contributed by atoms with Crippen LogP contribution in [0.4, 0.5) is 5.82 Å². The predicted octanol–water partition coefficient (Wildman–Crippen LogP) is 1.97. The van der Waals surface area contributed by atoms with Crippen LogP contribution in [0.2, 0.25) is 0 Å². The summed E-state index contributed by atoms with van der Waals surface area (Å²) >= 11 is 0. The third kappa shape index (κ3) is 3.53. The normalized spacial score (nSPS) is 12.1. The van der Waals surface area contributed by atoms with E-state index in [-0.39, 0.29) is 11.9 Å². The molecule has 1 amide bonds. The minimum atomic E-state index is -0.0746. The van der Waals surface area contributed by atoms with E-state index >= 15 is 0 Å². The lowest BCUT2D eigenvalue weighted by atomic mass is 10.1. The molecule has 4 heteroatoms. The molecule has 0 fully saturated rings. The fourth-order valence-electron chi connectivity index (χ4n) is 1.59. The van der Waals surface area contributed by atoms with E-state index in [1.807, 2.05) is 0 Å². The first kappa shape index (κ1) is 12.5. The van der Waals surface area contributed by atoms with Crippen molar-refractivity contribution in [3.8, 4) is 0 Å². The molecule has 1 heterocycles. The minimum Gasteiger partial charge on any atom is -0.384 e. The second-order valence-electron chi connectivity index (χ2n) is 3.84. The zero-order chi connectivity index (χ0) is 12.0. The van der Waals surface area contributed by atoms with Gasteiger partial charge in [0.1, 0.15) is 5.82 Å². The van der Waals surface area contributed by atoms with Crippen LogP contribution in [0.3, 0.4) is 0 Å². The van der Waals surface area contributed by atoms with E-state index in [1.54, 1.807) is 18.3 Å². The number of aromatic nitrogens is 1. The van der Waals surface area contributed by atoms with Gasteiger partial charge in [0.25, 0.3) is 5.91 Å². The largest absolute Gasteiger partial charge is 0.384 e. The van der Waals surface area contributed by atoms with Crippen molar-refractivity contribution >= 4 is 11.7 Å². The number of nitrogens with one attached hydrogen (secondary N) is 1. The number of hydrogen-bond acceptors (Lipinski definition) is 3. The molecule has 1 unspecified atom stereocenters. The molecule has 0 spiro atoms. The fraction of sp³-hybridized carbons (Fsp3) is 0.500. The highest BCUT2D eigenvalue weighted by molar-refractivity contribution is 5.94. The number of nitrogen functional groups attached to an aromatic ring is 1. The molecule has 4 nitrogen and oxygen atoms in total. The average Bonchev–Trinajstić information content (AvgIpc) is 2.28. The highest BCUT2D eigenvalue weighted by atomic mass is 16.1. The van der Waals surface area contributed by atoms with Crippen LogP contribution < -0.4 is 11.1 Å². The number of anilines is 1. The van der Waals surface area contributed by atoms with Crippen LogP contribution in [-0.2, 0) is 0 Å². The number of nitrogens with two attached hydrogens (primary N) is 1. The van der Waals surface area contributed by atoms with Gasteiger partial charge in [-0.05, 0) is 25.0 Å². The summed E-state index contributed by atoms with van der Waals surface area (Å²) in [5.41, 5.74) is 6.10. The molecule has 0 bridgehead atoms. The standard InChI is InChI=1S/C12H19N3O/c1-3-5-10(4-2)15-12(16)9-6-7-14-11(13)8-9/h6-8,10H,3-5H2,1-2H3,(H2,13,14)(H,15,16). The molecule has 3 N–H and O–H groups in total. The van der Waals surface area contributed by atoms with Crippen molar-refractivity contribution in [2.45, 2.75) is 39.2 Å². The molecule has 88 valence electrons. The third-order valence-corrected chi connectivity index (χ3v) is 2.51. The Morgan fingerprint density at radius 2 is 2.31 bits per heavy atom. The maximum atomic E-state index is 11.8. The molecule has 0 saturated carbocycles. The summed E-state index contributed by atoms with van der Waals surface area (Å²) in [6.45, 7) is 4.18. The lowest BCUT2D eigenvalue weighted by Gasteiger charge is -2.15. The molecule has 0 aliphatic rings. The smallest absolute Gasteiger partial charge is 0.251 e. The molecule has 1 aromatic rings. The summed E-state index contributed by atoms with van der Waals surface area (Å²) in [5.74, 6) is 0.297. The molecular formula is C12H19N3O. The Hall–Kier alpha value is -1.58. The van der Waals surface area contributed by atoms with Crippen molar-refractivity contribution in [1.29, 1.82) is 0 Å². The summed E-state index contributed by atoms with van der Waals surface area (Å²) in [4.78, 5) is 15.7. The van der Waals surface area contributed by atoms with E-state index in [0.29, 0.717) is 11.4 Å². The molecule has 1 atom stereocenters. The predicted molar refractivity (Wildman–Crippen MR) is 65.1 cm³/mol. The summed E-state index contributed by atoms with van der Waals surface area (Å²) in [7, 11) is 0. The van der Waals surface area contributed by atoms with Crippen molar-refractivity contribution in [3.05, 3.63) is 23.9 Å². The van der Waals surface area contributed by atoms with Gasteiger partial charge in [-0.3, -0.25) is 4.79 Å². The van der Waals surface area contributed by atoms with E-state index in [0.717, 1.165) is 19.3 Å². The highest BCUT2D eigenvalue weighted by Crippen LogP contribution is 2.06. The molecule has 1 rings (SSSR count). The maximum Gasteiger partial charge on any atom is 0.251 e. The topological polar surface area (TPSA) is 68.0 Å². The van der Waals surface area contributed by atoms with Crippen molar-refractivity contribution in [3.63, 3.8) is 0 Å². The van der Waals surface area contributed by atoms with Gasteiger partial charge in [0, 0.05) is 17.8 Å². The first-order chi connectivity index (χ1) is 7.67. The molecule has 0 saturated heterocycles. The Kier molecular flexibility index (Phi) is 4.76. The van der Waals surface area contributed by atoms with Crippen molar-refractivity contribution in [2.24, 2.45) is 0 Å². The van der Waals surface area contributed by atoms with E-state index in [2.05, 4.69) is 24.1 Å². The summed E-state index contributed by atoms with van der Waals surface area (Å²) in [6.07, 6.45) is 4.56. The molecule has 0 radical (unpaired) electrons. The van der Waals surface area contributed by atoms with Crippen LogP contribution in [0.25, 0.3) is 0 Å². The maximum absolute atomic E-state index is 11.8. The van der Waals surface area contributed by atoms with Crippen LogP contribution in [0, 0.1) is 0 Å². The first-order valence-electron chi connectivity index (χ1n) is 5.69. The van der Waals surface area contributed by atoms with Gasteiger partial charge in [0.2, 0.25) is 0 Å². The SMILES string of the molecule is CCCC(CC)NC(=O)c1ccnc(N)c1. The van der Waals surface area contributed by atoms with Gasteiger partial charge in [-0.25, -0.2) is 4.98 Å². The second kappa shape index (κ2) is 6.10. The van der Waals surface area contributed by atoms with Gasteiger partial charge in [0.15, 0.2) is 0 Å². The number of hydrogen-bond donors (Lipinski definition) is 2. The Balaban J connectivity index is 2.64. The molecule has 16 heavy (non-hydrogen) atoms.